The van der Waals surface area contributed by atoms with E-state index in [-0.39, 0.29) is 24.0 Å². The molecule has 10 nitrogen and oxygen atoms in total. The lowest BCUT2D eigenvalue weighted by Gasteiger charge is -2.35. The third kappa shape index (κ3) is 5.44. The van der Waals surface area contributed by atoms with E-state index < -0.39 is 38.3 Å². The number of rotatable bonds is 6. The van der Waals surface area contributed by atoms with Crippen molar-refractivity contribution in [3.05, 3.63) is 41.7 Å². The number of hydrogen-bond donors (Lipinski definition) is 2. The molecule has 0 atom stereocenters. The first-order valence-electron chi connectivity index (χ1n) is 10.3. The summed E-state index contributed by atoms with van der Waals surface area (Å²) in [5, 5.41) is 6.87. The Kier molecular flexibility index (Phi) is 6.20. The van der Waals surface area contributed by atoms with Crippen molar-refractivity contribution in [2.75, 3.05) is 36.4 Å². The number of primary sulfonamides is 1. The number of halogens is 3. The lowest BCUT2D eigenvalue weighted by Crippen LogP contribution is -2.51. The summed E-state index contributed by atoms with van der Waals surface area (Å²) in [6.07, 6.45) is -0.922. The molecule has 2 amide bonds. The lowest BCUT2D eigenvalue weighted by molar-refractivity contribution is -0.138. The van der Waals surface area contributed by atoms with E-state index in [0.29, 0.717) is 37.8 Å². The molecule has 1 saturated heterocycles. The number of nitrogens with two attached hydrogens (primary N) is 1. The van der Waals surface area contributed by atoms with E-state index in [9.17, 15) is 31.2 Å². The molecule has 2 fully saturated rings. The van der Waals surface area contributed by atoms with Crippen molar-refractivity contribution in [1.29, 1.82) is 0 Å². The molecule has 1 saturated carbocycles. The SMILES string of the molecule is NS(=O)(=O)c1cc(NC(=O)c2cc(C(F)(F)F)cnc2N2CCN(CC3CC3)C(=O)C2)ccn1. The van der Waals surface area contributed by atoms with Gasteiger partial charge in [-0.3, -0.25) is 9.59 Å². The van der Waals surface area contributed by atoms with Gasteiger partial charge in [0.05, 0.1) is 17.7 Å². The molecule has 2 aliphatic rings. The highest BCUT2D eigenvalue weighted by atomic mass is 32.2. The first-order valence-corrected chi connectivity index (χ1v) is 11.9. The van der Waals surface area contributed by atoms with Gasteiger partial charge in [0, 0.05) is 43.8 Å². The third-order valence-corrected chi connectivity index (χ3v) is 6.32. The first kappa shape index (κ1) is 23.9. The minimum atomic E-state index is -4.75. The van der Waals surface area contributed by atoms with Gasteiger partial charge in [-0.2, -0.15) is 13.2 Å². The van der Waals surface area contributed by atoms with Crippen LogP contribution < -0.4 is 15.4 Å². The third-order valence-electron chi connectivity index (χ3n) is 5.52. The highest BCUT2D eigenvalue weighted by Crippen LogP contribution is 2.33. The van der Waals surface area contributed by atoms with Crippen molar-refractivity contribution in [2.24, 2.45) is 11.1 Å². The number of hydrogen-bond acceptors (Lipinski definition) is 7. The molecular formula is C20H21F3N6O4S. The maximum atomic E-state index is 13.3. The molecular weight excluding hydrogens is 477 g/mol. The summed E-state index contributed by atoms with van der Waals surface area (Å²) in [5.74, 6) is -0.750. The Morgan fingerprint density at radius 3 is 2.56 bits per heavy atom. The van der Waals surface area contributed by atoms with E-state index in [1.54, 1.807) is 4.90 Å². The molecule has 0 bridgehead atoms. The Hall–Kier alpha value is -3.26. The van der Waals surface area contributed by atoms with Crippen LogP contribution in [0, 0.1) is 5.92 Å². The number of nitrogens with zero attached hydrogens (tertiary/aromatic N) is 4. The average Bonchev–Trinajstić information content (AvgIpc) is 3.58. The van der Waals surface area contributed by atoms with E-state index in [1.807, 2.05) is 0 Å². The highest BCUT2D eigenvalue weighted by molar-refractivity contribution is 7.89. The van der Waals surface area contributed by atoms with Crippen LogP contribution in [-0.4, -0.2) is 61.3 Å². The largest absolute Gasteiger partial charge is 0.417 e. The standard InChI is InChI=1S/C20H21F3N6O4S/c21-20(22,23)13-7-15(19(31)27-14-3-4-25-16(8-14)34(24,32)33)18(26-9-13)29-6-5-28(17(30)11-29)10-12-1-2-12/h3-4,7-9,12H,1-2,5-6,10-11H2,(H2,24,32,33)(H,25,27,31). The highest BCUT2D eigenvalue weighted by Gasteiger charge is 2.35. The van der Waals surface area contributed by atoms with Gasteiger partial charge in [0.15, 0.2) is 5.03 Å². The van der Waals surface area contributed by atoms with Gasteiger partial charge >= 0.3 is 6.18 Å². The van der Waals surface area contributed by atoms with Crippen LogP contribution in [-0.2, 0) is 21.0 Å². The zero-order valence-corrected chi connectivity index (χ0v) is 18.6. The summed E-state index contributed by atoms with van der Waals surface area (Å²) in [4.78, 5) is 36.2. The Morgan fingerprint density at radius 2 is 1.94 bits per heavy atom. The quantitative estimate of drug-likeness (QED) is 0.615. The Bertz CT molecular complexity index is 1230. The predicted octanol–water partition coefficient (Wildman–Crippen LogP) is 1.45. The number of alkyl halides is 3. The molecule has 4 rings (SSSR count). The maximum Gasteiger partial charge on any atom is 0.417 e. The van der Waals surface area contributed by atoms with Crippen molar-refractivity contribution < 1.29 is 31.2 Å². The summed E-state index contributed by atoms with van der Waals surface area (Å²) in [5.41, 5.74) is -1.59. The molecule has 1 aliphatic heterocycles. The van der Waals surface area contributed by atoms with Crippen molar-refractivity contribution in [3.8, 4) is 0 Å². The normalized spacial score (nSPS) is 17.1. The van der Waals surface area contributed by atoms with Crippen LogP contribution in [0.1, 0.15) is 28.8 Å². The van der Waals surface area contributed by atoms with E-state index >= 15 is 0 Å². The Labute approximate surface area is 193 Å². The number of amides is 2. The monoisotopic (exact) mass is 498 g/mol. The fraction of sp³-hybridized carbons (Fsp3) is 0.400. The summed E-state index contributed by atoms with van der Waals surface area (Å²) < 4.78 is 63.0. The van der Waals surface area contributed by atoms with Gasteiger partial charge in [0.2, 0.25) is 5.91 Å². The number of nitrogens with one attached hydrogen (secondary N) is 1. The van der Waals surface area contributed by atoms with Crippen molar-refractivity contribution in [1.82, 2.24) is 14.9 Å². The first-order chi connectivity index (χ1) is 15.9. The number of aromatic nitrogens is 2. The topological polar surface area (TPSA) is 139 Å². The smallest absolute Gasteiger partial charge is 0.345 e. The fourth-order valence-electron chi connectivity index (χ4n) is 3.57. The van der Waals surface area contributed by atoms with Gasteiger partial charge in [-0.15, -0.1) is 0 Å². The van der Waals surface area contributed by atoms with Crippen molar-refractivity contribution >= 4 is 33.3 Å². The number of sulfonamides is 1. The van der Waals surface area contributed by atoms with Crippen LogP contribution >= 0.6 is 0 Å². The number of carbonyl (C=O) groups excluding carboxylic acids is 2. The van der Waals surface area contributed by atoms with E-state index in [1.165, 1.54) is 11.0 Å². The second-order valence-electron chi connectivity index (χ2n) is 8.18. The molecule has 182 valence electrons. The second kappa shape index (κ2) is 8.83. The Balaban J connectivity index is 1.62. The fourth-order valence-corrected chi connectivity index (χ4v) is 4.07. The van der Waals surface area contributed by atoms with Gasteiger partial charge in [-0.1, -0.05) is 0 Å². The average molecular weight is 498 g/mol. The number of anilines is 2. The summed E-state index contributed by atoms with van der Waals surface area (Å²) in [6.45, 7) is 1.17. The van der Waals surface area contributed by atoms with Gasteiger partial charge in [-0.25, -0.2) is 23.5 Å². The van der Waals surface area contributed by atoms with Gasteiger partial charge < -0.3 is 15.1 Å². The van der Waals surface area contributed by atoms with Gasteiger partial charge in [0.1, 0.15) is 5.82 Å². The molecule has 34 heavy (non-hydrogen) atoms. The molecule has 2 aromatic heterocycles. The van der Waals surface area contributed by atoms with Crippen LogP contribution in [0.15, 0.2) is 35.6 Å². The summed E-state index contributed by atoms with van der Waals surface area (Å²) in [7, 11) is -4.17. The molecule has 3 N–H and O–H groups in total. The number of carbonyl (C=O) groups is 2. The van der Waals surface area contributed by atoms with Crippen LogP contribution in [0.5, 0.6) is 0 Å². The summed E-state index contributed by atoms with van der Waals surface area (Å²) in [6, 6.07) is 2.89. The second-order valence-corrected chi connectivity index (χ2v) is 9.69. The maximum absolute atomic E-state index is 13.3. The number of piperazine rings is 1. The molecule has 0 unspecified atom stereocenters. The van der Waals surface area contributed by atoms with Gasteiger partial charge in [0.25, 0.3) is 15.9 Å². The van der Waals surface area contributed by atoms with E-state index in [2.05, 4.69) is 15.3 Å². The van der Waals surface area contributed by atoms with E-state index in [4.69, 9.17) is 5.14 Å². The van der Waals surface area contributed by atoms with Crippen molar-refractivity contribution in [3.63, 3.8) is 0 Å². The zero-order chi connectivity index (χ0) is 24.7. The van der Waals surface area contributed by atoms with Crippen LogP contribution in [0.2, 0.25) is 0 Å². The zero-order valence-electron chi connectivity index (χ0n) is 17.7. The van der Waals surface area contributed by atoms with E-state index in [0.717, 1.165) is 25.1 Å². The molecule has 1 aliphatic carbocycles. The molecule has 14 heteroatoms. The van der Waals surface area contributed by atoms with Crippen LogP contribution in [0.3, 0.4) is 0 Å². The molecule has 0 spiro atoms. The Morgan fingerprint density at radius 1 is 1.21 bits per heavy atom. The van der Waals surface area contributed by atoms with Crippen molar-refractivity contribution in [2.45, 2.75) is 24.0 Å². The lowest BCUT2D eigenvalue weighted by atomic mass is 10.1. The molecule has 0 radical (unpaired) electrons. The van der Waals surface area contributed by atoms with Crippen LogP contribution in [0.4, 0.5) is 24.7 Å². The minimum absolute atomic E-state index is 0.0438. The molecule has 0 aromatic carbocycles. The van der Waals surface area contributed by atoms with Crippen LogP contribution in [0.25, 0.3) is 0 Å². The summed E-state index contributed by atoms with van der Waals surface area (Å²) >= 11 is 0. The predicted molar refractivity (Wildman–Crippen MR) is 114 cm³/mol. The minimum Gasteiger partial charge on any atom is -0.345 e. The molecule has 2 aromatic rings. The molecule has 3 heterocycles. The number of pyridine rings is 2. The van der Waals surface area contributed by atoms with Gasteiger partial charge in [-0.05, 0) is 30.9 Å².